The Balaban J connectivity index is 1.40. The number of carbonyl (C=O) groups is 9. The second-order valence-corrected chi connectivity index (χ2v) is 20.5. The molecule has 0 spiro atoms. The van der Waals surface area contributed by atoms with Gasteiger partial charge in [-0.15, -0.1) is 0 Å². The van der Waals surface area contributed by atoms with E-state index in [4.69, 9.17) is 28.7 Å². The number of hydrogen-bond donors (Lipinski definition) is 13. The fourth-order valence-corrected chi connectivity index (χ4v) is 10.1. The van der Waals surface area contributed by atoms with Crippen LogP contribution in [0.1, 0.15) is 81.4 Å². The molecule has 0 aliphatic carbocycles. The van der Waals surface area contributed by atoms with Crippen LogP contribution >= 0.6 is 0 Å². The predicted octanol–water partition coefficient (Wildman–Crippen LogP) is -1.38. The Morgan fingerprint density at radius 1 is 0.691 bits per heavy atom. The summed E-state index contributed by atoms with van der Waals surface area (Å²) in [6, 6.07) is 16.3. The smallest absolute Gasteiger partial charge is 0.246 e. The molecule has 2 aliphatic rings. The minimum absolute atomic E-state index is 0.00847. The third kappa shape index (κ3) is 19.1. The molecular formula is C56H76N16O9. The van der Waals surface area contributed by atoms with Crippen LogP contribution in [0.2, 0.25) is 0 Å². The number of nitrogens with one attached hydrogen (secondary N) is 8. The molecule has 8 atom stereocenters. The normalized spacial score (nSPS) is 22.1. The number of guanidine groups is 2. The van der Waals surface area contributed by atoms with E-state index in [1.54, 1.807) is 36.5 Å². The van der Waals surface area contributed by atoms with Gasteiger partial charge >= 0.3 is 0 Å². The first-order valence-corrected chi connectivity index (χ1v) is 27.2. The minimum atomic E-state index is -1.58. The van der Waals surface area contributed by atoms with Gasteiger partial charge in [0.15, 0.2) is 11.9 Å². The number of hydrogen-bond acceptors (Lipinski definition) is 11. The highest BCUT2D eigenvalue weighted by molar-refractivity contribution is 5.99. The number of aromatic nitrogens is 1. The summed E-state index contributed by atoms with van der Waals surface area (Å²) in [7, 11) is 0. The molecule has 0 bridgehead atoms. The van der Waals surface area contributed by atoms with E-state index >= 15 is 9.59 Å². The minimum Gasteiger partial charge on any atom is -0.370 e. The Morgan fingerprint density at radius 3 is 1.95 bits per heavy atom. The Bertz CT molecular complexity index is 2890. The van der Waals surface area contributed by atoms with E-state index in [1.807, 2.05) is 54.6 Å². The van der Waals surface area contributed by atoms with Crippen molar-refractivity contribution in [2.24, 2.45) is 44.6 Å². The Morgan fingerprint density at radius 2 is 1.28 bits per heavy atom. The van der Waals surface area contributed by atoms with E-state index in [2.05, 4.69) is 52.2 Å². The third-order valence-electron chi connectivity index (χ3n) is 14.1. The van der Waals surface area contributed by atoms with Crippen molar-refractivity contribution in [3.63, 3.8) is 0 Å². The van der Waals surface area contributed by atoms with Crippen LogP contribution in [0.4, 0.5) is 0 Å². The number of carbonyl (C=O) groups excluding carboxylic acids is 9. The molecule has 0 radical (unpaired) electrons. The lowest BCUT2D eigenvalue weighted by molar-refractivity contribution is -0.143. The summed E-state index contributed by atoms with van der Waals surface area (Å²) in [6.45, 7) is 1.46. The van der Waals surface area contributed by atoms with Crippen molar-refractivity contribution in [3.8, 4) is 0 Å². The van der Waals surface area contributed by atoms with E-state index in [-0.39, 0.29) is 108 Å². The molecule has 0 unspecified atom stereocenters. The fourth-order valence-electron chi connectivity index (χ4n) is 10.1. The molecule has 3 heterocycles. The molecular weight excluding hydrogens is 1040 g/mol. The number of rotatable bonds is 18. The van der Waals surface area contributed by atoms with Gasteiger partial charge in [-0.3, -0.25) is 53.1 Å². The summed E-state index contributed by atoms with van der Waals surface area (Å²) in [5.41, 5.74) is 31.1. The maximum Gasteiger partial charge on any atom is 0.246 e. The Hall–Kier alpha value is -9.03. The SMILES string of the molecule is CC(=O)N[C@@H](CCCN=C(N)N)C(=O)N[C@H]1CC(=O)NCCCC[C@@H](C(N)=O)NC(=O)[C@H](Cc2c[nH]c3ccccc23)NC(=O)[C@H](CCCN=C(N)N)NC(=O)[C@@H](Cc2ccccc2)NC(=O)[C@@H]2C[C@@H](Cc3ccccc3)CN2C1=O. The number of aliphatic imine (C=N–C) groups is 2. The lowest BCUT2D eigenvalue weighted by atomic mass is 9.96. The number of amides is 9. The van der Waals surface area contributed by atoms with Gasteiger partial charge < -0.3 is 75.8 Å². The molecule has 2 aliphatic heterocycles. The average Bonchev–Trinajstić information content (AvgIpc) is 4.20. The topological polar surface area (TPSA) is 412 Å². The second-order valence-electron chi connectivity index (χ2n) is 20.5. The number of fused-ring (bicyclic) bond motifs is 2. The molecule has 0 saturated carbocycles. The van der Waals surface area contributed by atoms with E-state index in [0.717, 1.165) is 16.5 Å². The predicted molar refractivity (Wildman–Crippen MR) is 304 cm³/mol. The van der Waals surface area contributed by atoms with Gasteiger partial charge in [0, 0.05) is 63.0 Å². The van der Waals surface area contributed by atoms with Crippen molar-refractivity contribution in [2.45, 2.75) is 126 Å². The molecule has 2 saturated heterocycles. The highest BCUT2D eigenvalue weighted by atomic mass is 16.2. The van der Waals surface area contributed by atoms with Gasteiger partial charge in [-0.25, -0.2) is 0 Å². The molecule has 81 heavy (non-hydrogen) atoms. The summed E-state index contributed by atoms with van der Waals surface area (Å²) in [6.07, 6.45) is 2.51. The number of nitrogens with zero attached hydrogens (tertiary/aromatic N) is 3. The standard InChI is InChI=1S/C56H76N16O9/c1-33(73)66-41(21-12-24-63-55(58)59)49(76)71-45-30-47(74)62-23-11-10-20-40(48(57)75)67-52(79)44(29-37-31-65-39-19-9-8-18-38(37)39)69-50(77)42(22-13-25-64-56(60)61)68-51(78)43(27-35-16-6-3-7-17-35)70-53(80)46-28-36(32-72(46)54(45)81)26-34-14-4-2-5-15-34/h2-9,14-19,31,36,40-46,65H,10-13,20-30,32H2,1H3,(H2,57,75)(H,62,74)(H,66,73)(H,67,79)(H,68,78)(H,69,77)(H,70,80)(H,71,76)(H4,58,59,63)(H4,60,61,64)/t36-,40+,41+,42+,43-,44+,45+,46+/m1/s1. The van der Waals surface area contributed by atoms with Crippen molar-refractivity contribution in [1.29, 1.82) is 0 Å². The van der Waals surface area contributed by atoms with Crippen LogP contribution in [-0.2, 0) is 62.4 Å². The van der Waals surface area contributed by atoms with Gasteiger partial charge in [0.25, 0.3) is 0 Å². The molecule has 25 heteroatoms. The largest absolute Gasteiger partial charge is 0.370 e. The molecule has 3 aromatic carbocycles. The number of nitrogens with two attached hydrogens (primary N) is 5. The van der Waals surface area contributed by atoms with Crippen LogP contribution in [0.3, 0.4) is 0 Å². The fraction of sp³-hybridized carbons (Fsp3) is 0.446. The molecule has 2 fully saturated rings. The summed E-state index contributed by atoms with van der Waals surface area (Å²) in [4.78, 5) is 140. The summed E-state index contributed by atoms with van der Waals surface area (Å²) in [5, 5.41) is 20.1. The van der Waals surface area contributed by atoms with Crippen molar-refractivity contribution in [3.05, 3.63) is 108 Å². The maximum absolute atomic E-state index is 15.2. The zero-order valence-electron chi connectivity index (χ0n) is 45.5. The van der Waals surface area contributed by atoms with Gasteiger partial charge in [0.05, 0.1) is 6.42 Å². The number of benzene rings is 3. The molecule has 434 valence electrons. The Kier molecular flexibility index (Phi) is 22.9. The van der Waals surface area contributed by atoms with Crippen LogP contribution in [0.15, 0.2) is 101 Å². The molecule has 18 N–H and O–H groups in total. The molecule has 1 aromatic heterocycles. The zero-order chi connectivity index (χ0) is 58.4. The average molecular weight is 1120 g/mol. The third-order valence-corrected chi connectivity index (χ3v) is 14.1. The van der Waals surface area contributed by atoms with E-state index in [9.17, 15) is 33.6 Å². The summed E-state index contributed by atoms with van der Waals surface area (Å²) >= 11 is 0. The van der Waals surface area contributed by atoms with Crippen molar-refractivity contribution >= 4 is 76.0 Å². The van der Waals surface area contributed by atoms with Crippen LogP contribution in [0.25, 0.3) is 10.9 Å². The van der Waals surface area contributed by atoms with Gasteiger partial charge in [-0.05, 0) is 86.5 Å². The lowest BCUT2D eigenvalue weighted by Gasteiger charge is -2.31. The van der Waals surface area contributed by atoms with E-state index in [0.29, 0.717) is 17.5 Å². The van der Waals surface area contributed by atoms with E-state index in [1.165, 1.54) is 11.8 Å². The monoisotopic (exact) mass is 1120 g/mol. The highest BCUT2D eigenvalue weighted by Gasteiger charge is 2.44. The van der Waals surface area contributed by atoms with Crippen molar-refractivity contribution < 1.29 is 43.2 Å². The Labute approximate surface area is 469 Å². The van der Waals surface area contributed by atoms with Gasteiger partial charge in [0.1, 0.15) is 42.3 Å². The van der Waals surface area contributed by atoms with Crippen LogP contribution in [-0.4, -0.2) is 143 Å². The van der Waals surface area contributed by atoms with Crippen molar-refractivity contribution in [1.82, 2.24) is 47.1 Å². The number of primary amides is 1. The van der Waals surface area contributed by atoms with Gasteiger partial charge in [-0.2, -0.15) is 0 Å². The second kappa shape index (κ2) is 30.4. The maximum atomic E-state index is 15.2. The first kappa shape index (κ1) is 61.2. The number of H-pyrrole nitrogens is 1. The molecule has 25 nitrogen and oxygen atoms in total. The van der Waals surface area contributed by atoms with Crippen LogP contribution in [0.5, 0.6) is 0 Å². The van der Waals surface area contributed by atoms with Crippen LogP contribution < -0.4 is 65.9 Å². The molecule has 9 amide bonds. The van der Waals surface area contributed by atoms with E-state index < -0.39 is 102 Å². The lowest BCUT2D eigenvalue weighted by Crippen LogP contribution is -2.60. The molecule has 4 aromatic rings. The quantitative estimate of drug-likeness (QED) is 0.0311. The van der Waals surface area contributed by atoms with Gasteiger partial charge in [-0.1, -0.05) is 78.9 Å². The van der Waals surface area contributed by atoms with Crippen molar-refractivity contribution in [2.75, 3.05) is 26.2 Å². The molecule has 6 rings (SSSR count). The number of para-hydroxylation sites is 1. The first-order chi connectivity index (χ1) is 38.8. The highest BCUT2D eigenvalue weighted by Crippen LogP contribution is 2.29. The number of aromatic amines is 1. The summed E-state index contributed by atoms with van der Waals surface area (Å²) in [5.74, 6) is -7.36. The van der Waals surface area contributed by atoms with Crippen LogP contribution in [0, 0.1) is 5.92 Å². The zero-order valence-corrected chi connectivity index (χ0v) is 45.5. The van der Waals surface area contributed by atoms with Gasteiger partial charge in [0.2, 0.25) is 53.2 Å². The summed E-state index contributed by atoms with van der Waals surface area (Å²) < 4.78 is 0. The first-order valence-electron chi connectivity index (χ1n) is 27.2.